The average Bonchev–Trinajstić information content (AvgIpc) is 2.81. The number of hydrogen-bond acceptors (Lipinski definition) is 2. The molecule has 88 valence electrons. The highest BCUT2D eigenvalue weighted by molar-refractivity contribution is 5.49. The molecule has 0 radical (unpaired) electrons. The van der Waals surface area contributed by atoms with Crippen molar-refractivity contribution in [2.45, 2.75) is 25.7 Å². The van der Waals surface area contributed by atoms with Gasteiger partial charge in [-0.25, -0.2) is 4.39 Å². The first-order valence-corrected chi connectivity index (χ1v) is 5.90. The van der Waals surface area contributed by atoms with E-state index in [1.807, 2.05) is 6.07 Å². The Hall–Kier alpha value is -1.82. The van der Waals surface area contributed by atoms with Gasteiger partial charge in [-0.3, -0.25) is 0 Å². The molecule has 1 aromatic rings. The second kappa shape index (κ2) is 5.49. The SMILES string of the molecule is N#Cc1cc(F)cc(NCCC2=CCCC2)c1. The van der Waals surface area contributed by atoms with Gasteiger partial charge in [0.25, 0.3) is 0 Å². The Labute approximate surface area is 101 Å². The maximum absolute atomic E-state index is 13.1. The second-order valence-corrected chi connectivity index (χ2v) is 4.27. The lowest BCUT2D eigenvalue weighted by atomic mass is 10.1. The molecule has 0 unspecified atom stereocenters. The van der Waals surface area contributed by atoms with Gasteiger partial charge in [0.05, 0.1) is 11.6 Å². The number of nitrogens with zero attached hydrogens (tertiary/aromatic N) is 1. The summed E-state index contributed by atoms with van der Waals surface area (Å²) in [6.45, 7) is 0.792. The summed E-state index contributed by atoms with van der Waals surface area (Å²) in [5.74, 6) is -0.369. The van der Waals surface area contributed by atoms with Crippen LogP contribution in [-0.4, -0.2) is 6.54 Å². The van der Waals surface area contributed by atoms with Crippen LogP contribution in [-0.2, 0) is 0 Å². The van der Waals surface area contributed by atoms with Crippen LogP contribution in [0.3, 0.4) is 0 Å². The molecule has 1 aliphatic carbocycles. The van der Waals surface area contributed by atoms with Gasteiger partial charge in [0.15, 0.2) is 0 Å². The lowest BCUT2D eigenvalue weighted by molar-refractivity contribution is 0.627. The van der Waals surface area contributed by atoms with Crippen LogP contribution in [0.25, 0.3) is 0 Å². The molecule has 1 aromatic carbocycles. The molecule has 1 aliphatic rings. The summed E-state index contributed by atoms with van der Waals surface area (Å²) in [7, 11) is 0. The van der Waals surface area contributed by atoms with Crippen molar-refractivity contribution in [2.24, 2.45) is 0 Å². The minimum Gasteiger partial charge on any atom is -0.385 e. The van der Waals surface area contributed by atoms with Gasteiger partial charge in [-0.15, -0.1) is 0 Å². The fourth-order valence-electron chi connectivity index (χ4n) is 2.09. The van der Waals surface area contributed by atoms with E-state index in [9.17, 15) is 4.39 Å². The zero-order chi connectivity index (χ0) is 12.1. The van der Waals surface area contributed by atoms with Crippen LogP contribution >= 0.6 is 0 Å². The van der Waals surface area contributed by atoms with Crippen LogP contribution in [0.4, 0.5) is 10.1 Å². The van der Waals surface area contributed by atoms with E-state index in [-0.39, 0.29) is 5.82 Å². The van der Waals surface area contributed by atoms with Gasteiger partial charge in [-0.05, 0) is 43.9 Å². The molecular formula is C14H15FN2. The average molecular weight is 230 g/mol. The van der Waals surface area contributed by atoms with E-state index < -0.39 is 0 Å². The van der Waals surface area contributed by atoms with Crippen molar-refractivity contribution in [3.8, 4) is 6.07 Å². The Morgan fingerprint density at radius 3 is 2.94 bits per heavy atom. The number of benzene rings is 1. The molecule has 2 rings (SSSR count). The van der Waals surface area contributed by atoms with Crippen molar-refractivity contribution in [2.75, 3.05) is 11.9 Å². The molecule has 0 aliphatic heterocycles. The molecule has 0 heterocycles. The van der Waals surface area contributed by atoms with Crippen molar-refractivity contribution in [3.05, 3.63) is 41.2 Å². The summed E-state index contributed by atoms with van der Waals surface area (Å²) in [6.07, 6.45) is 6.92. The second-order valence-electron chi connectivity index (χ2n) is 4.27. The van der Waals surface area contributed by atoms with Gasteiger partial charge in [0, 0.05) is 12.2 Å². The predicted molar refractivity (Wildman–Crippen MR) is 66.2 cm³/mol. The van der Waals surface area contributed by atoms with Gasteiger partial charge in [-0.2, -0.15) is 5.26 Å². The molecular weight excluding hydrogens is 215 g/mol. The highest BCUT2D eigenvalue weighted by atomic mass is 19.1. The minimum atomic E-state index is -0.369. The lowest BCUT2D eigenvalue weighted by Gasteiger charge is -2.07. The first kappa shape index (κ1) is 11.7. The molecule has 1 N–H and O–H groups in total. The quantitative estimate of drug-likeness (QED) is 0.802. The molecule has 0 spiro atoms. The van der Waals surface area contributed by atoms with E-state index in [4.69, 9.17) is 5.26 Å². The Kier molecular flexibility index (Phi) is 3.77. The molecule has 0 saturated heterocycles. The van der Waals surface area contributed by atoms with Crippen LogP contribution in [0.2, 0.25) is 0 Å². The van der Waals surface area contributed by atoms with E-state index in [1.165, 1.54) is 37.0 Å². The largest absolute Gasteiger partial charge is 0.385 e. The smallest absolute Gasteiger partial charge is 0.126 e. The summed E-state index contributed by atoms with van der Waals surface area (Å²) in [4.78, 5) is 0. The zero-order valence-corrected chi connectivity index (χ0v) is 9.67. The number of rotatable bonds is 4. The van der Waals surface area contributed by atoms with Crippen LogP contribution in [0.5, 0.6) is 0 Å². The van der Waals surface area contributed by atoms with Crippen LogP contribution in [0, 0.1) is 17.1 Å². The van der Waals surface area contributed by atoms with Gasteiger partial charge in [-0.1, -0.05) is 11.6 Å². The summed E-state index contributed by atoms with van der Waals surface area (Å²) in [5.41, 5.74) is 2.52. The van der Waals surface area contributed by atoms with Gasteiger partial charge < -0.3 is 5.32 Å². The molecule has 0 atom stereocenters. The first-order valence-electron chi connectivity index (χ1n) is 5.90. The molecule has 3 heteroatoms. The number of halogens is 1. The van der Waals surface area contributed by atoms with Gasteiger partial charge in [0.2, 0.25) is 0 Å². The molecule has 2 nitrogen and oxygen atoms in total. The maximum Gasteiger partial charge on any atom is 0.126 e. The Bertz CT molecular complexity index is 472. The van der Waals surface area contributed by atoms with E-state index in [1.54, 1.807) is 6.07 Å². The third-order valence-corrected chi connectivity index (χ3v) is 2.94. The third-order valence-electron chi connectivity index (χ3n) is 2.94. The first-order chi connectivity index (χ1) is 8.28. The van der Waals surface area contributed by atoms with Gasteiger partial charge >= 0.3 is 0 Å². The van der Waals surface area contributed by atoms with E-state index in [0.717, 1.165) is 13.0 Å². The maximum atomic E-state index is 13.1. The van der Waals surface area contributed by atoms with Crippen molar-refractivity contribution < 1.29 is 4.39 Å². The van der Waals surface area contributed by atoms with Crippen molar-refractivity contribution in [3.63, 3.8) is 0 Å². The standard InChI is InChI=1S/C14H15FN2/c15-13-7-12(10-16)8-14(9-13)17-6-5-11-3-1-2-4-11/h3,7-9,17H,1-2,4-6H2. The molecule has 0 aromatic heterocycles. The molecule has 0 saturated carbocycles. The molecule has 0 bridgehead atoms. The van der Waals surface area contributed by atoms with E-state index in [2.05, 4.69) is 11.4 Å². The van der Waals surface area contributed by atoms with Crippen LogP contribution < -0.4 is 5.32 Å². The number of hydrogen-bond donors (Lipinski definition) is 1. The summed E-state index contributed by atoms with van der Waals surface area (Å²) in [5, 5.41) is 11.9. The van der Waals surface area contributed by atoms with Crippen LogP contribution in [0.1, 0.15) is 31.2 Å². The summed E-state index contributed by atoms with van der Waals surface area (Å²) in [6, 6.07) is 6.28. The monoisotopic (exact) mass is 230 g/mol. The number of nitrogens with one attached hydrogen (secondary N) is 1. The number of anilines is 1. The van der Waals surface area contributed by atoms with Crippen molar-refractivity contribution >= 4 is 5.69 Å². The summed E-state index contributed by atoms with van der Waals surface area (Å²) < 4.78 is 13.1. The molecule has 0 fully saturated rings. The van der Waals surface area contributed by atoms with Gasteiger partial charge in [0.1, 0.15) is 5.82 Å². The van der Waals surface area contributed by atoms with E-state index >= 15 is 0 Å². The third kappa shape index (κ3) is 3.32. The van der Waals surface area contributed by atoms with Crippen molar-refractivity contribution in [1.29, 1.82) is 5.26 Å². The van der Waals surface area contributed by atoms with E-state index in [0.29, 0.717) is 11.3 Å². The fraction of sp³-hybridized carbons (Fsp3) is 0.357. The summed E-state index contributed by atoms with van der Waals surface area (Å²) >= 11 is 0. The molecule has 17 heavy (non-hydrogen) atoms. The van der Waals surface area contributed by atoms with Crippen molar-refractivity contribution in [1.82, 2.24) is 0 Å². The predicted octanol–water partition coefficient (Wildman–Crippen LogP) is 3.61. The van der Waals surface area contributed by atoms with Crippen LogP contribution in [0.15, 0.2) is 29.8 Å². The highest BCUT2D eigenvalue weighted by Gasteiger charge is 2.04. The lowest BCUT2D eigenvalue weighted by Crippen LogP contribution is -2.02. The fourth-order valence-corrected chi connectivity index (χ4v) is 2.09. The molecule has 0 amide bonds. The highest BCUT2D eigenvalue weighted by Crippen LogP contribution is 2.21. The number of allylic oxidation sites excluding steroid dienone is 1. The topological polar surface area (TPSA) is 35.8 Å². The normalized spacial score (nSPS) is 14.2. The Balaban J connectivity index is 1.90. The Morgan fingerprint density at radius 2 is 2.24 bits per heavy atom. The minimum absolute atomic E-state index is 0.354. The Morgan fingerprint density at radius 1 is 1.35 bits per heavy atom. The number of nitriles is 1. The zero-order valence-electron chi connectivity index (χ0n) is 9.67.